The summed E-state index contributed by atoms with van der Waals surface area (Å²) in [6.07, 6.45) is 1.32. The van der Waals surface area contributed by atoms with Crippen molar-refractivity contribution < 1.29 is 18.9 Å². The normalized spacial score (nSPS) is 22.5. The van der Waals surface area contributed by atoms with Crippen LogP contribution in [0, 0.1) is 0 Å². The average molecular weight is 294 g/mol. The van der Waals surface area contributed by atoms with Crippen LogP contribution < -0.4 is 19.9 Å². The van der Waals surface area contributed by atoms with Crippen LogP contribution in [0.15, 0.2) is 12.1 Å². The summed E-state index contributed by atoms with van der Waals surface area (Å²) in [7, 11) is 3.39. The molecule has 1 fully saturated rings. The van der Waals surface area contributed by atoms with E-state index >= 15 is 0 Å². The molecule has 0 radical (unpaired) electrons. The van der Waals surface area contributed by atoms with E-state index in [4.69, 9.17) is 24.7 Å². The summed E-state index contributed by atoms with van der Waals surface area (Å²) < 4.78 is 21.8. The summed E-state index contributed by atoms with van der Waals surface area (Å²) in [6.45, 7) is 2.66. The second-order valence-electron chi connectivity index (χ2n) is 5.35. The van der Waals surface area contributed by atoms with Crippen molar-refractivity contribution in [2.45, 2.75) is 18.6 Å². The lowest BCUT2D eigenvalue weighted by Crippen LogP contribution is -2.33. The number of likely N-dealkylation sites (tertiary alicyclic amines) is 1. The maximum Gasteiger partial charge on any atom is 0.231 e. The lowest BCUT2D eigenvalue weighted by Gasteiger charge is -2.27. The molecule has 6 nitrogen and oxygen atoms in total. The quantitative estimate of drug-likeness (QED) is 0.878. The minimum Gasteiger partial charge on any atom is -0.493 e. The highest BCUT2D eigenvalue weighted by atomic mass is 16.7. The van der Waals surface area contributed by atoms with Gasteiger partial charge in [0.1, 0.15) is 0 Å². The van der Waals surface area contributed by atoms with Gasteiger partial charge >= 0.3 is 0 Å². The lowest BCUT2D eigenvalue weighted by molar-refractivity contribution is 0.101. The fourth-order valence-corrected chi connectivity index (χ4v) is 3.07. The van der Waals surface area contributed by atoms with Gasteiger partial charge in [-0.3, -0.25) is 4.90 Å². The maximum atomic E-state index is 6.01. The fraction of sp³-hybridized carbons (Fsp3) is 0.600. The predicted molar refractivity (Wildman–Crippen MR) is 77.9 cm³/mol. The second kappa shape index (κ2) is 6.09. The lowest BCUT2D eigenvalue weighted by atomic mass is 10.0. The molecule has 2 aliphatic rings. The SMILES string of the molecule is COc1cc(C(CN)N2CCC(OC)C2)cc2c1OCO2. The summed E-state index contributed by atoms with van der Waals surface area (Å²) in [5, 5.41) is 0. The molecule has 21 heavy (non-hydrogen) atoms. The Morgan fingerprint density at radius 3 is 2.90 bits per heavy atom. The fourth-order valence-electron chi connectivity index (χ4n) is 3.07. The molecule has 2 atom stereocenters. The van der Waals surface area contributed by atoms with Crippen LogP contribution in [0.25, 0.3) is 0 Å². The summed E-state index contributed by atoms with van der Waals surface area (Å²) >= 11 is 0. The average Bonchev–Trinajstić information content (AvgIpc) is 3.15. The van der Waals surface area contributed by atoms with Crippen LogP contribution in [0.2, 0.25) is 0 Å². The standard InChI is InChI=1S/C15H22N2O4/c1-18-11-3-4-17(8-11)12(7-16)10-5-13(19-2)15-14(6-10)20-9-21-15/h5-6,11-12H,3-4,7-9,16H2,1-2H3. The molecule has 0 spiro atoms. The Balaban J connectivity index is 1.87. The predicted octanol–water partition coefficient (Wildman–Crippen LogP) is 1.14. The number of methoxy groups -OCH3 is 2. The summed E-state index contributed by atoms with van der Waals surface area (Å²) in [5.74, 6) is 2.10. The number of hydrogen-bond donors (Lipinski definition) is 1. The van der Waals surface area contributed by atoms with Gasteiger partial charge < -0.3 is 24.7 Å². The number of nitrogens with zero attached hydrogens (tertiary/aromatic N) is 1. The van der Waals surface area contributed by atoms with Gasteiger partial charge in [-0.1, -0.05) is 0 Å². The monoisotopic (exact) mass is 294 g/mol. The molecule has 2 heterocycles. The number of benzene rings is 1. The van der Waals surface area contributed by atoms with Crippen LogP contribution in [0.1, 0.15) is 18.0 Å². The maximum absolute atomic E-state index is 6.01. The van der Waals surface area contributed by atoms with E-state index in [0.717, 1.165) is 30.8 Å². The Morgan fingerprint density at radius 2 is 2.24 bits per heavy atom. The van der Waals surface area contributed by atoms with Crippen molar-refractivity contribution in [1.29, 1.82) is 0 Å². The van der Waals surface area contributed by atoms with Crippen LogP contribution in [0.5, 0.6) is 17.2 Å². The third-order valence-electron chi connectivity index (χ3n) is 4.24. The number of hydrogen-bond acceptors (Lipinski definition) is 6. The van der Waals surface area contributed by atoms with Crippen LogP contribution in [0.4, 0.5) is 0 Å². The first kappa shape index (κ1) is 14.4. The molecule has 0 amide bonds. The molecule has 1 saturated heterocycles. The summed E-state index contributed by atoms with van der Waals surface area (Å²) in [5.41, 5.74) is 7.11. The first-order chi connectivity index (χ1) is 10.3. The van der Waals surface area contributed by atoms with E-state index < -0.39 is 0 Å². The van der Waals surface area contributed by atoms with Crippen LogP contribution >= 0.6 is 0 Å². The van der Waals surface area contributed by atoms with Gasteiger partial charge in [0, 0.05) is 32.8 Å². The summed E-state index contributed by atoms with van der Waals surface area (Å²) in [6, 6.07) is 4.13. The van der Waals surface area contributed by atoms with Gasteiger partial charge in [0.2, 0.25) is 12.5 Å². The molecule has 2 unspecified atom stereocenters. The number of fused-ring (bicyclic) bond motifs is 1. The highest BCUT2D eigenvalue weighted by molar-refractivity contribution is 5.55. The third-order valence-corrected chi connectivity index (χ3v) is 4.24. The zero-order chi connectivity index (χ0) is 14.8. The molecule has 1 aromatic carbocycles. The van der Waals surface area contributed by atoms with E-state index in [2.05, 4.69) is 4.90 Å². The van der Waals surface area contributed by atoms with Gasteiger partial charge in [-0.2, -0.15) is 0 Å². The Kier molecular flexibility index (Phi) is 4.19. The minimum atomic E-state index is 0.133. The van der Waals surface area contributed by atoms with Gasteiger partial charge in [-0.15, -0.1) is 0 Å². The van der Waals surface area contributed by atoms with E-state index in [1.165, 1.54) is 0 Å². The number of ether oxygens (including phenoxy) is 4. The largest absolute Gasteiger partial charge is 0.493 e. The van der Waals surface area contributed by atoms with E-state index in [9.17, 15) is 0 Å². The zero-order valence-corrected chi connectivity index (χ0v) is 12.5. The molecular formula is C15H22N2O4. The highest BCUT2D eigenvalue weighted by Gasteiger charge is 2.30. The van der Waals surface area contributed by atoms with E-state index in [-0.39, 0.29) is 18.9 Å². The van der Waals surface area contributed by atoms with Crippen molar-refractivity contribution >= 4 is 0 Å². The topological polar surface area (TPSA) is 66.2 Å². The molecular weight excluding hydrogens is 272 g/mol. The van der Waals surface area contributed by atoms with Crippen molar-refractivity contribution in [2.75, 3.05) is 40.6 Å². The number of rotatable bonds is 5. The van der Waals surface area contributed by atoms with Crippen molar-refractivity contribution in [3.05, 3.63) is 17.7 Å². The van der Waals surface area contributed by atoms with Crippen molar-refractivity contribution in [3.63, 3.8) is 0 Å². The van der Waals surface area contributed by atoms with Crippen LogP contribution in [0.3, 0.4) is 0 Å². The molecule has 1 aromatic rings. The molecule has 0 aromatic heterocycles. The molecule has 0 aliphatic carbocycles. The smallest absolute Gasteiger partial charge is 0.231 e. The first-order valence-corrected chi connectivity index (χ1v) is 7.21. The summed E-state index contributed by atoms with van der Waals surface area (Å²) in [4.78, 5) is 2.35. The van der Waals surface area contributed by atoms with Gasteiger partial charge in [-0.25, -0.2) is 0 Å². The number of nitrogens with two attached hydrogens (primary N) is 1. The highest BCUT2D eigenvalue weighted by Crippen LogP contribution is 2.43. The van der Waals surface area contributed by atoms with E-state index in [0.29, 0.717) is 18.0 Å². The van der Waals surface area contributed by atoms with Gasteiger partial charge in [0.15, 0.2) is 11.5 Å². The van der Waals surface area contributed by atoms with Crippen LogP contribution in [-0.2, 0) is 4.74 Å². The van der Waals surface area contributed by atoms with Gasteiger partial charge in [0.05, 0.1) is 13.2 Å². The molecule has 2 aliphatic heterocycles. The first-order valence-electron chi connectivity index (χ1n) is 7.21. The van der Waals surface area contributed by atoms with E-state index in [1.807, 2.05) is 12.1 Å². The van der Waals surface area contributed by atoms with E-state index in [1.54, 1.807) is 14.2 Å². The van der Waals surface area contributed by atoms with Crippen LogP contribution in [-0.4, -0.2) is 51.7 Å². The zero-order valence-electron chi connectivity index (χ0n) is 12.5. The molecule has 6 heteroatoms. The Morgan fingerprint density at radius 1 is 1.38 bits per heavy atom. The molecule has 0 saturated carbocycles. The molecule has 0 bridgehead atoms. The molecule has 116 valence electrons. The van der Waals surface area contributed by atoms with Crippen molar-refractivity contribution in [2.24, 2.45) is 5.73 Å². The van der Waals surface area contributed by atoms with Crippen molar-refractivity contribution in [3.8, 4) is 17.2 Å². The Hall–Kier alpha value is -1.50. The Bertz CT molecular complexity index is 509. The molecule has 3 rings (SSSR count). The molecule has 2 N–H and O–H groups in total. The minimum absolute atomic E-state index is 0.133. The Labute approximate surface area is 124 Å². The van der Waals surface area contributed by atoms with Gasteiger partial charge in [0.25, 0.3) is 0 Å². The second-order valence-corrected chi connectivity index (χ2v) is 5.35. The van der Waals surface area contributed by atoms with Crippen molar-refractivity contribution in [1.82, 2.24) is 4.90 Å². The third kappa shape index (κ3) is 2.66. The van der Waals surface area contributed by atoms with Gasteiger partial charge in [-0.05, 0) is 24.1 Å².